The number of thiazole rings is 1. The minimum Gasteiger partial charge on any atom is -0.481 e. The second kappa shape index (κ2) is 5.63. The Morgan fingerprint density at radius 2 is 2.15 bits per heavy atom. The van der Waals surface area contributed by atoms with Gasteiger partial charge in [0.05, 0.1) is 5.69 Å². The summed E-state index contributed by atoms with van der Waals surface area (Å²) in [6.45, 7) is 1.74. The quantitative estimate of drug-likeness (QED) is 0.940. The van der Waals surface area contributed by atoms with E-state index >= 15 is 0 Å². The molecule has 1 N–H and O–H groups in total. The lowest BCUT2D eigenvalue weighted by Crippen LogP contribution is -2.30. The molecular weight excluding hydrogens is 272 g/mol. The molecule has 0 spiro atoms. The highest BCUT2D eigenvalue weighted by atomic mass is 32.1. The van der Waals surface area contributed by atoms with Crippen molar-refractivity contribution in [2.24, 2.45) is 0 Å². The normalized spacial score (nSPS) is 14.7. The molecule has 2 aromatic rings. The Kier molecular flexibility index (Phi) is 3.69. The van der Waals surface area contributed by atoms with E-state index in [9.17, 15) is 4.79 Å². The molecule has 1 aromatic heterocycles. The van der Waals surface area contributed by atoms with Crippen molar-refractivity contribution in [2.75, 3.05) is 5.32 Å². The van der Waals surface area contributed by atoms with Crippen LogP contribution in [0.3, 0.4) is 0 Å². The molecule has 0 bridgehead atoms. The van der Waals surface area contributed by atoms with Gasteiger partial charge in [-0.1, -0.05) is 18.2 Å². The molecule has 0 saturated heterocycles. The highest BCUT2D eigenvalue weighted by Gasteiger charge is 2.20. The molecule has 3 rings (SSSR count). The molecule has 0 saturated carbocycles. The Labute approximate surface area is 121 Å². The minimum atomic E-state index is -0.545. The zero-order valence-electron chi connectivity index (χ0n) is 11.3. The largest absolute Gasteiger partial charge is 0.481 e. The SMILES string of the molecule is C[C@H](Oc1ccccc1)C(=O)Nc1nc2c(s1)CCC2. The fourth-order valence-corrected chi connectivity index (χ4v) is 3.26. The third-order valence-corrected chi connectivity index (χ3v) is 4.32. The average molecular weight is 288 g/mol. The maximum Gasteiger partial charge on any atom is 0.266 e. The first-order valence-electron chi connectivity index (χ1n) is 6.73. The first kappa shape index (κ1) is 13.1. The molecule has 1 aliphatic carbocycles. The van der Waals surface area contributed by atoms with Crippen LogP contribution in [-0.4, -0.2) is 17.0 Å². The van der Waals surface area contributed by atoms with E-state index < -0.39 is 6.10 Å². The van der Waals surface area contributed by atoms with Gasteiger partial charge >= 0.3 is 0 Å². The summed E-state index contributed by atoms with van der Waals surface area (Å²) in [6.07, 6.45) is 2.74. The van der Waals surface area contributed by atoms with Crippen LogP contribution >= 0.6 is 11.3 Å². The van der Waals surface area contributed by atoms with Crippen LogP contribution in [0.2, 0.25) is 0 Å². The van der Waals surface area contributed by atoms with Gasteiger partial charge in [0.1, 0.15) is 5.75 Å². The van der Waals surface area contributed by atoms with Crippen LogP contribution in [0.5, 0.6) is 5.75 Å². The number of benzene rings is 1. The Balaban J connectivity index is 1.60. The van der Waals surface area contributed by atoms with E-state index in [0.29, 0.717) is 10.9 Å². The summed E-state index contributed by atoms with van der Waals surface area (Å²) in [6, 6.07) is 9.34. The van der Waals surface area contributed by atoms with E-state index in [1.54, 1.807) is 18.3 Å². The second-order valence-electron chi connectivity index (χ2n) is 4.80. The number of fused-ring (bicyclic) bond motifs is 1. The van der Waals surface area contributed by atoms with Crippen LogP contribution in [0.25, 0.3) is 0 Å². The number of amides is 1. The number of rotatable bonds is 4. The standard InChI is InChI=1S/C15H16N2O2S/c1-10(19-11-6-3-2-4-7-11)14(18)17-15-16-12-8-5-9-13(12)20-15/h2-4,6-7,10H,5,8-9H2,1H3,(H,16,17,18)/t10-/m0/s1. The number of hydrogen-bond donors (Lipinski definition) is 1. The molecular formula is C15H16N2O2S. The van der Waals surface area contributed by atoms with Crippen LogP contribution in [0.1, 0.15) is 23.9 Å². The van der Waals surface area contributed by atoms with E-state index in [1.807, 2.05) is 30.3 Å². The first-order valence-corrected chi connectivity index (χ1v) is 7.55. The smallest absolute Gasteiger partial charge is 0.266 e. The number of carbonyl (C=O) groups is 1. The number of anilines is 1. The van der Waals surface area contributed by atoms with Crippen molar-refractivity contribution in [3.8, 4) is 5.75 Å². The highest BCUT2D eigenvalue weighted by molar-refractivity contribution is 7.15. The van der Waals surface area contributed by atoms with Crippen LogP contribution < -0.4 is 10.1 Å². The zero-order chi connectivity index (χ0) is 13.9. The van der Waals surface area contributed by atoms with Crippen molar-refractivity contribution in [1.29, 1.82) is 0 Å². The molecule has 0 aliphatic heterocycles. The van der Waals surface area contributed by atoms with Crippen molar-refractivity contribution in [3.63, 3.8) is 0 Å². The summed E-state index contributed by atoms with van der Waals surface area (Å²) >= 11 is 1.58. The zero-order valence-corrected chi connectivity index (χ0v) is 12.1. The molecule has 104 valence electrons. The van der Waals surface area contributed by atoms with E-state index in [1.165, 1.54) is 11.3 Å². The topological polar surface area (TPSA) is 51.2 Å². The van der Waals surface area contributed by atoms with Gasteiger partial charge in [-0.2, -0.15) is 0 Å². The highest BCUT2D eigenvalue weighted by Crippen LogP contribution is 2.30. The van der Waals surface area contributed by atoms with E-state index in [0.717, 1.165) is 18.5 Å². The Hall–Kier alpha value is -1.88. The molecule has 4 nitrogen and oxygen atoms in total. The van der Waals surface area contributed by atoms with E-state index in [4.69, 9.17) is 4.74 Å². The molecule has 5 heteroatoms. The molecule has 0 fully saturated rings. The molecule has 1 atom stereocenters. The predicted octanol–water partition coefficient (Wildman–Crippen LogP) is 3.04. The lowest BCUT2D eigenvalue weighted by atomic mass is 10.3. The second-order valence-corrected chi connectivity index (χ2v) is 5.89. The Bertz CT molecular complexity index is 588. The van der Waals surface area contributed by atoms with Gasteiger partial charge < -0.3 is 4.74 Å². The van der Waals surface area contributed by atoms with Crippen molar-refractivity contribution < 1.29 is 9.53 Å². The number of nitrogens with zero attached hydrogens (tertiary/aromatic N) is 1. The predicted molar refractivity (Wildman–Crippen MR) is 79.3 cm³/mol. The maximum atomic E-state index is 12.1. The fraction of sp³-hybridized carbons (Fsp3) is 0.333. The van der Waals surface area contributed by atoms with Gasteiger partial charge in [0.15, 0.2) is 11.2 Å². The van der Waals surface area contributed by atoms with Gasteiger partial charge in [-0.3, -0.25) is 10.1 Å². The van der Waals surface area contributed by atoms with E-state index in [2.05, 4.69) is 10.3 Å². The van der Waals surface area contributed by atoms with Crippen molar-refractivity contribution in [2.45, 2.75) is 32.3 Å². The third-order valence-electron chi connectivity index (χ3n) is 3.25. The summed E-state index contributed by atoms with van der Waals surface area (Å²) < 4.78 is 5.59. The Morgan fingerprint density at radius 3 is 2.90 bits per heavy atom. The third kappa shape index (κ3) is 2.82. The lowest BCUT2D eigenvalue weighted by Gasteiger charge is -2.13. The summed E-state index contributed by atoms with van der Waals surface area (Å²) in [7, 11) is 0. The maximum absolute atomic E-state index is 12.1. The number of aromatic nitrogens is 1. The van der Waals surface area contributed by atoms with Gasteiger partial charge in [-0.15, -0.1) is 11.3 Å². The van der Waals surface area contributed by atoms with Crippen LogP contribution in [0.4, 0.5) is 5.13 Å². The summed E-state index contributed by atoms with van der Waals surface area (Å²) in [5, 5.41) is 3.52. The molecule has 1 amide bonds. The number of para-hydroxylation sites is 1. The molecule has 0 unspecified atom stereocenters. The van der Waals surface area contributed by atoms with Crippen molar-refractivity contribution in [3.05, 3.63) is 40.9 Å². The van der Waals surface area contributed by atoms with Crippen molar-refractivity contribution in [1.82, 2.24) is 4.98 Å². The van der Waals surface area contributed by atoms with Crippen LogP contribution in [-0.2, 0) is 17.6 Å². The molecule has 1 heterocycles. The monoisotopic (exact) mass is 288 g/mol. The number of aryl methyl sites for hydroxylation is 2. The molecule has 1 aliphatic rings. The molecule has 20 heavy (non-hydrogen) atoms. The van der Waals surface area contributed by atoms with Gasteiger partial charge in [0, 0.05) is 4.88 Å². The fourth-order valence-electron chi connectivity index (χ4n) is 2.21. The first-order chi connectivity index (χ1) is 9.72. The Morgan fingerprint density at radius 1 is 1.35 bits per heavy atom. The number of carbonyl (C=O) groups excluding carboxylic acids is 1. The van der Waals surface area contributed by atoms with Crippen LogP contribution in [0.15, 0.2) is 30.3 Å². The minimum absolute atomic E-state index is 0.165. The van der Waals surface area contributed by atoms with Gasteiger partial charge in [-0.05, 0) is 38.3 Å². The number of hydrogen-bond acceptors (Lipinski definition) is 4. The molecule has 0 radical (unpaired) electrons. The lowest BCUT2D eigenvalue weighted by molar-refractivity contribution is -0.122. The van der Waals surface area contributed by atoms with Gasteiger partial charge in [0.25, 0.3) is 5.91 Å². The van der Waals surface area contributed by atoms with E-state index in [-0.39, 0.29) is 5.91 Å². The van der Waals surface area contributed by atoms with Gasteiger partial charge in [-0.25, -0.2) is 4.98 Å². The number of nitrogens with one attached hydrogen (secondary N) is 1. The van der Waals surface area contributed by atoms with Crippen molar-refractivity contribution >= 4 is 22.4 Å². The average Bonchev–Trinajstić information content (AvgIpc) is 3.00. The number of ether oxygens (including phenoxy) is 1. The van der Waals surface area contributed by atoms with Gasteiger partial charge in [0.2, 0.25) is 0 Å². The summed E-state index contributed by atoms with van der Waals surface area (Å²) in [4.78, 5) is 17.8. The van der Waals surface area contributed by atoms with Crippen LogP contribution in [0, 0.1) is 0 Å². The summed E-state index contributed by atoms with van der Waals surface area (Å²) in [5.41, 5.74) is 1.14. The summed E-state index contributed by atoms with van der Waals surface area (Å²) in [5.74, 6) is 0.526. The molecule has 1 aromatic carbocycles.